The summed E-state index contributed by atoms with van der Waals surface area (Å²) in [5.41, 5.74) is 4.18. The van der Waals surface area contributed by atoms with Gasteiger partial charge in [0.1, 0.15) is 12.4 Å². The topological polar surface area (TPSA) is 62.6 Å². The van der Waals surface area contributed by atoms with Gasteiger partial charge in [0, 0.05) is 12.7 Å². The smallest absolute Gasteiger partial charge is 0.189 e. The molecule has 168 valence electrons. The molecule has 32 heavy (non-hydrogen) atoms. The van der Waals surface area contributed by atoms with Gasteiger partial charge in [-0.15, -0.1) is 0 Å². The van der Waals surface area contributed by atoms with Crippen LogP contribution in [-0.4, -0.2) is 28.8 Å². The Kier molecular flexibility index (Phi) is 7.71. The first-order valence-corrected chi connectivity index (χ1v) is 10.8. The van der Waals surface area contributed by atoms with Crippen LogP contribution in [0, 0.1) is 13.8 Å². The number of ether oxygens (including phenoxy) is 3. The number of allylic oxidation sites excluding steroid dienone is 1. The number of nitrogens with zero attached hydrogens (tertiary/aromatic N) is 2. The number of carbonyl (C=O) groups excluding carboxylic acids is 1. The second-order valence-corrected chi connectivity index (χ2v) is 7.37. The molecule has 0 spiro atoms. The Morgan fingerprint density at radius 1 is 0.969 bits per heavy atom. The van der Waals surface area contributed by atoms with Crippen LogP contribution in [0.2, 0.25) is 0 Å². The van der Waals surface area contributed by atoms with Crippen LogP contribution in [0.4, 0.5) is 0 Å². The van der Waals surface area contributed by atoms with Gasteiger partial charge in [-0.05, 0) is 69.2 Å². The zero-order valence-corrected chi connectivity index (χ0v) is 19.3. The van der Waals surface area contributed by atoms with E-state index in [1.807, 2.05) is 77.2 Å². The van der Waals surface area contributed by atoms with E-state index >= 15 is 0 Å². The fourth-order valence-electron chi connectivity index (χ4n) is 3.41. The molecule has 6 nitrogen and oxygen atoms in total. The summed E-state index contributed by atoms with van der Waals surface area (Å²) in [5, 5.41) is 4.30. The molecule has 0 amide bonds. The maximum Gasteiger partial charge on any atom is 0.189 e. The number of aromatic nitrogens is 2. The molecule has 0 saturated heterocycles. The quantitative estimate of drug-likeness (QED) is 0.320. The zero-order valence-electron chi connectivity index (χ0n) is 19.3. The van der Waals surface area contributed by atoms with Gasteiger partial charge in [-0.3, -0.25) is 9.48 Å². The molecule has 0 radical (unpaired) electrons. The van der Waals surface area contributed by atoms with Gasteiger partial charge in [0.05, 0.1) is 24.5 Å². The van der Waals surface area contributed by atoms with E-state index in [0.717, 1.165) is 39.8 Å². The van der Waals surface area contributed by atoms with Crippen LogP contribution in [0.25, 0.3) is 6.08 Å². The van der Waals surface area contributed by atoms with Crippen molar-refractivity contribution >= 4 is 11.9 Å². The van der Waals surface area contributed by atoms with Crippen LogP contribution in [0.15, 0.2) is 48.5 Å². The number of ketones is 1. The summed E-state index contributed by atoms with van der Waals surface area (Å²) in [7, 11) is 1.84. The van der Waals surface area contributed by atoms with E-state index in [-0.39, 0.29) is 5.78 Å². The Bertz CT molecular complexity index is 1100. The molecule has 0 saturated carbocycles. The highest BCUT2D eigenvalue weighted by Gasteiger charge is 2.14. The fourth-order valence-corrected chi connectivity index (χ4v) is 3.41. The molecule has 1 heterocycles. The third-order valence-electron chi connectivity index (χ3n) is 5.08. The summed E-state index contributed by atoms with van der Waals surface area (Å²) in [6, 6.07) is 13.4. The van der Waals surface area contributed by atoms with Gasteiger partial charge in [0.25, 0.3) is 0 Å². The van der Waals surface area contributed by atoms with Crippen LogP contribution in [0.5, 0.6) is 17.2 Å². The van der Waals surface area contributed by atoms with Gasteiger partial charge in [0.2, 0.25) is 0 Å². The largest absolute Gasteiger partial charge is 0.490 e. The highest BCUT2D eigenvalue weighted by atomic mass is 16.5. The highest BCUT2D eigenvalue weighted by molar-refractivity contribution is 6.08. The first-order chi connectivity index (χ1) is 15.4. The predicted molar refractivity (Wildman–Crippen MR) is 126 cm³/mol. The van der Waals surface area contributed by atoms with Crippen molar-refractivity contribution in [2.75, 3.05) is 13.2 Å². The van der Waals surface area contributed by atoms with E-state index in [9.17, 15) is 4.79 Å². The molecule has 0 unspecified atom stereocenters. The molecule has 3 aromatic rings. The number of benzene rings is 2. The Morgan fingerprint density at radius 2 is 1.66 bits per heavy atom. The van der Waals surface area contributed by atoms with E-state index in [4.69, 9.17) is 14.2 Å². The number of aryl methyl sites for hydroxylation is 2. The van der Waals surface area contributed by atoms with Crippen LogP contribution in [0.3, 0.4) is 0 Å². The van der Waals surface area contributed by atoms with Gasteiger partial charge in [-0.1, -0.05) is 24.3 Å². The summed E-state index contributed by atoms with van der Waals surface area (Å²) in [6.45, 7) is 9.21. The van der Waals surface area contributed by atoms with Crippen molar-refractivity contribution in [1.82, 2.24) is 9.78 Å². The molecule has 0 bridgehead atoms. The first kappa shape index (κ1) is 23.1. The average molecular weight is 435 g/mol. The third kappa shape index (κ3) is 5.58. The lowest BCUT2D eigenvalue weighted by Crippen LogP contribution is -2.01. The Labute approximate surface area is 189 Å². The maximum absolute atomic E-state index is 12.6. The standard InChI is InChI=1S/C26H30N2O4/c1-6-30-24-15-11-21(16-25(24)31-7-2)17-32-22-12-8-20(9-13-22)10-14-23(29)26-18(3)27-28(5)19(26)4/h8-16H,6-7,17H2,1-5H3/b14-10+. The summed E-state index contributed by atoms with van der Waals surface area (Å²) in [6.07, 6.45) is 3.39. The van der Waals surface area contributed by atoms with Crippen molar-refractivity contribution < 1.29 is 19.0 Å². The van der Waals surface area contributed by atoms with Gasteiger partial charge in [-0.25, -0.2) is 0 Å². The Hall–Kier alpha value is -3.54. The third-order valence-corrected chi connectivity index (χ3v) is 5.08. The second kappa shape index (κ2) is 10.7. The van der Waals surface area contributed by atoms with Gasteiger partial charge in [0.15, 0.2) is 17.3 Å². The van der Waals surface area contributed by atoms with E-state index in [2.05, 4.69) is 5.10 Å². The average Bonchev–Trinajstić information content (AvgIpc) is 3.04. The van der Waals surface area contributed by atoms with E-state index < -0.39 is 0 Å². The first-order valence-electron chi connectivity index (χ1n) is 10.8. The van der Waals surface area contributed by atoms with Gasteiger partial charge in [-0.2, -0.15) is 5.10 Å². The van der Waals surface area contributed by atoms with E-state index in [1.54, 1.807) is 16.8 Å². The molecule has 0 fully saturated rings. The van der Waals surface area contributed by atoms with Crippen molar-refractivity contribution in [2.45, 2.75) is 34.3 Å². The maximum atomic E-state index is 12.6. The molecule has 1 aromatic heterocycles. The van der Waals surface area contributed by atoms with Gasteiger partial charge < -0.3 is 14.2 Å². The molecule has 0 N–H and O–H groups in total. The van der Waals surface area contributed by atoms with Crippen LogP contribution in [0.1, 0.15) is 46.7 Å². The number of hydrogen-bond acceptors (Lipinski definition) is 5. The molecule has 0 aliphatic heterocycles. The number of rotatable bonds is 10. The number of carbonyl (C=O) groups is 1. The molecule has 0 atom stereocenters. The minimum atomic E-state index is -0.0472. The normalized spacial score (nSPS) is 11.0. The monoisotopic (exact) mass is 434 g/mol. The van der Waals surface area contributed by atoms with Crippen molar-refractivity contribution in [3.8, 4) is 17.2 Å². The van der Waals surface area contributed by atoms with Crippen molar-refractivity contribution in [3.05, 3.63) is 76.6 Å². The summed E-state index contributed by atoms with van der Waals surface area (Å²) >= 11 is 0. The van der Waals surface area contributed by atoms with Crippen LogP contribution < -0.4 is 14.2 Å². The van der Waals surface area contributed by atoms with Gasteiger partial charge >= 0.3 is 0 Å². The lowest BCUT2D eigenvalue weighted by Gasteiger charge is -2.13. The zero-order chi connectivity index (χ0) is 23.1. The van der Waals surface area contributed by atoms with Crippen LogP contribution in [-0.2, 0) is 13.7 Å². The molecule has 0 aliphatic rings. The lowest BCUT2D eigenvalue weighted by atomic mass is 10.1. The lowest BCUT2D eigenvalue weighted by molar-refractivity contribution is 0.104. The minimum Gasteiger partial charge on any atom is -0.490 e. The minimum absolute atomic E-state index is 0.0472. The molecular formula is C26H30N2O4. The SMILES string of the molecule is CCOc1ccc(COc2ccc(/C=C/C(=O)c3c(C)nn(C)c3C)cc2)cc1OCC. The van der Waals surface area contributed by atoms with Crippen molar-refractivity contribution in [2.24, 2.45) is 7.05 Å². The highest BCUT2D eigenvalue weighted by Crippen LogP contribution is 2.29. The molecular weight excluding hydrogens is 404 g/mol. The predicted octanol–water partition coefficient (Wildman–Crippen LogP) is 5.31. The van der Waals surface area contributed by atoms with E-state index in [0.29, 0.717) is 25.4 Å². The van der Waals surface area contributed by atoms with Crippen LogP contribution >= 0.6 is 0 Å². The number of hydrogen-bond donors (Lipinski definition) is 0. The molecule has 6 heteroatoms. The molecule has 0 aliphatic carbocycles. The molecule has 3 rings (SSSR count). The van der Waals surface area contributed by atoms with Crippen molar-refractivity contribution in [1.29, 1.82) is 0 Å². The van der Waals surface area contributed by atoms with Crippen molar-refractivity contribution in [3.63, 3.8) is 0 Å². The Morgan fingerprint density at radius 3 is 2.28 bits per heavy atom. The molecule has 2 aromatic carbocycles. The summed E-state index contributed by atoms with van der Waals surface area (Å²) in [5.74, 6) is 2.16. The Balaban J connectivity index is 1.62. The summed E-state index contributed by atoms with van der Waals surface area (Å²) < 4.78 is 18.9. The van der Waals surface area contributed by atoms with E-state index in [1.165, 1.54) is 0 Å². The fraction of sp³-hybridized carbons (Fsp3) is 0.308. The summed E-state index contributed by atoms with van der Waals surface area (Å²) in [4.78, 5) is 12.6. The second-order valence-electron chi connectivity index (χ2n) is 7.37.